The van der Waals surface area contributed by atoms with Crippen LogP contribution in [0.5, 0.6) is 0 Å². The van der Waals surface area contributed by atoms with Gasteiger partial charge in [-0.1, -0.05) is 76.6 Å². The van der Waals surface area contributed by atoms with E-state index in [1.807, 2.05) is 0 Å². The van der Waals surface area contributed by atoms with Crippen LogP contribution in [-0.4, -0.2) is 23.3 Å². The van der Waals surface area contributed by atoms with Gasteiger partial charge in [-0.05, 0) is 37.0 Å². The highest BCUT2D eigenvalue weighted by Gasteiger charge is 2.33. The molecule has 2 aromatic carbocycles. The van der Waals surface area contributed by atoms with Gasteiger partial charge in [0.15, 0.2) is 0 Å². The third-order valence-electron chi connectivity index (χ3n) is 4.18. The van der Waals surface area contributed by atoms with E-state index in [0.29, 0.717) is 23.6 Å². The molecule has 140 valence electrons. The van der Waals surface area contributed by atoms with E-state index in [1.54, 1.807) is 31.2 Å². The number of amides is 2. The Kier molecular flexibility index (Phi) is 9.35. The van der Waals surface area contributed by atoms with Crippen molar-refractivity contribution in [2.45, 2.75) is 53.4 Å². The molecule has 1 aliphatic heterocycles. The summed E-state index contributed by atoms with van der Waals surface area (Å²) in [6, 6.07) is 17.5. The Morgan fingerprint density at radius 1 is 0.769 bits per heavy atom. The number of hydrogen-bond acceptors (Lipinski definition) is 2. The first-order valence-electron chi connectivity index (χ1n) is 9.51. The topological polar surface area (TPSA) is 37.4 Å². The van der Waals surface area contributed by atoms with E-state index < -0.39 is 0 Å². The van der Waals surface area contributed by atoms with Gasteiger partial charge in [-0.2, -0.15) is 0 Å². The van der Waals surface area contributed by atoms with Crippen molar-refractivity contribution in [3.05, 3.63) is 71.3 Å². The molecule has 1 aliphatic rings. The van der Waals surface area contributed by atoms with Gasteiger partial charge < -0.3 is 0 Å². The van der Waals surface area contributed by atoms with Gasteiger partial charge >= 0.3 is 0 Å². The molecule has 26 heavy (non-hydrogen) atoms. The van der Waals surface area contributed by atoms with Gasteiger partial charge in [0, 0.05) is 6.54 Å². The minimum atomic E-state index is -0.178. The summed E-state index contributed by atoms with van der Waals surface area (Å²) in [7, 11) is 0. The van der Waals surface area contributed by atoms with Crippen LogP contribution in [0.25, 0.3) is 0 Å². The second-order valence-electron chi connectivity index (χ2n) is 6.33. The Bertz CT molecular complexity index is 659. The largest absolute Gasteiger partial charge is 0.275 e. The molecule has 0 N–H and O–H groups in total. The highest BCUT2D eigenvalue weighted by Crippen LogP contribution is 2.21. The Hall–Kier alpha value is -2.42. The summed E-state index contributed by atoms with van der Waals surface area (Å²) in [5.74, 6) is 0.354. The van der Waals surface area contributed by atoms with Crippen LogP contribution in [0.2, 0.25) is 0 Å². The molecule has 0 fully saturated rings. The van der Waals surface area contributed by atoms with E-state index in [9.17, 15) is 9.59 Å². The standard InChI is InChI=1S/C10H9NO2.C10H14.C3H8/c1-2-11-9(12)7-5-3-4-6-8(7)10(11)13;1-3-9(2)10-7-5-4-6-8-10;1-3-2/h3-6H,2H2,1H3;4-9H,3H2,1-2H3;3H2,1-2H3. The first-order valence-corrected chi connectivity index (χ1v) is 9.51. The summed E-state index contributed by atoms with van der Waals surface area (Å²) in [4.78, 5) is 24.3. The average molecular weight is 354 g/mol. The van der Waals surface area contributed by atoms with E-state index >= 15 is 0 Å². The number of nitrogens with zero attached hydrogens (tertiary/aromatic N) is 1. The quantitative estimate of drug-likeness (QED) is 0.642. The monoisotopic (exact) mass is 353 g/mol. The predicted octanol–water partition coefficient (Wildman–Crippen LogP) is 5.92. The summed E-state index contributed by atoms with van der Waals surface area (Å²) in [6.45, 7) is 11.0. The van der Waals surface area contributed by atoms with Gasteiger partial charge in [-0.15, -0.1) is 0 Å². The van der Waals surface area contributed by atoms with E-state index in [0.717, 1.165) is 0 Å². The first kappa shape index (κ1) is 21.6. The summed E-state index contributed by atoms with van der Waals surface area (Å²) in [5.41, 5.74) is 2.49. The third-order valence-corrected chi connectivity index (χ3v) is 4.18. The molecule has 1 heterocycles. The number of rotatable bonds is 3. The second kappa shape index (κ2) is 11.2. The third kappa shape index (κ3) is 5.55. The van der Waals surface area contributed by atoms with Crippen molar-refractivity contribution in [2.24, 2.45) is 0 Å². The molecule has 0 radical (unpaired) electrons. The van der Waals surface area contributed by atoms with Crippen molar-refractivity contribution in [3.8, 4) is 0 Å². The van der Waals surface area contributed by atoms with E-state index in [1.165, 1.54) is 23.3 Å². The molecule has 3 rings (SSSR count). The number of hydrogen-bond donors (Lipinski definition) is 0. The zero-order chi connectivity index (χ0) is 19.5. The van der Waals surface area contributed by atoms with E-state index in [4.69, 9.17) is 0 Å². The van der Waals surface area contributed by atoms with Crippen molar-refractivity contribution in [3.63, 3.8) is 0 Å². The van der Waals surface area contributed by atoms with Crippen LogP contribution in [0.4, 0.5) is 0 Å². The number of benzene rings is 2. The van der Waals surface area contributed by atoms with Crippen LogP contribution in [0.3, 0.4) is 0 Å². The first-order chi connectivity index (χ1) is 12.5. The summed E-state index contributed by atoms with van der Waals surface area (Å²) in [5, 5.41) is 0. The molecular weight excluding hydrogens is 322 g/mol. The zero-order valence-corrected chi connectivity index (χ0v) is 16.7. The molecule has 1 unspecified atom stereocenters. The smallest absolute Gasteiger partial charge is 0.261 e. The van der Waals surface area contributed by atoms with Gasteiger partial charge in [0.05, 0.1) is 11.1 Å². The Labute approximate surface area is 158 Å². The second-order valence-corrected chi connectivity index (χ2v) is 6.33. The van der Waals surface area contributed by atoms with Crippen LogP contribution >= 0.6 is 0 Å². The highest BCUT2D eigenvalue weighted by atomic mass is 16.2. The Morgan fingerprint density at radius 2 is 1.19 bits per heavy atom. The maximum Gasteiger partial charge on any atom is 0.261 e. The fraction of sp³-hybridized carbons (Fsp3) is 0.391. The zero-order valence-electron chi connectivity index (χ0n) is 16.7. The molecule has 1 atom stereocenters. The van der Waals surface area contributed by atoms with Gasteiger partial charge in [-0.3, -0.25) is 14.5 Å². The minimum Gasteiger partial charge on any atom is -0.275 e. The molecular formula is C23H31NO2. The van der Waals surface area contributed by atoms with Crippen molar-refractivity contribution >= 4 is 11.8 Å². The van der Waals surface area contributed by atoms with Crippen LogP contribution < -0.4 is 0 Å². The van der Waals surface area contributed by atoms with Crippen molar-refractivity contribution in [1.29, 1.82) is 0 Å². The van der Waals surface area contributed by atoms with Gasteiger partial charge in [0.25, 0.3) is 11.8 Å². The number of fused-ring (bicyclic) bond motifs is 1. The number of carbonyl (C=O) groups excluding carboxylic acids is 2. The summed E-state index contributed by atoms with van der Waals surface area (Å²) < 4.78 is 0. The molecule has 0 saturated carbocycles. The SMILES string of the molecule is CCC.CCC(C)c1ccccc1.CCN1C(=O)c2ccccc2C1=O. The molecule has 0 spiro atoms. The van der Waals surface area contributed by atoms with Crippen LogP contribution in [0, 0.1) is 0 Å². The summed E-state index contributed by atoms with van der Waals surface area (Å²) >= 11 is 0. The van der Waals surface area contributed by atoms with Crippen molar-refractivity contribution in [1.82, 2.24) is 4.90 Å². The number of imide groups is 1. The van der Waals surface area contributed by atoms with E-state index in [2.05, 4.69) is 58.0 Å². The lowest BCUT2D eigenvalue weighted by atomic mass is 9.99. The normalized spacial score (nSPS) is 13.2. The van der Waals surface area contributed by atoms with Gasteiger partial charge in [-0.25, -0.2) is 0 Å². The maximum atomic E-state index is 11.5. The Morgan fingerprint density at radius 3 is 1.58 bits per heavy atom. The van der Waals surface area contributed by atoms with Crippen molar-refractivity contribution in [2.75, 3.05) is 6.54 Å². The van der Waals surface area contributed by atoms with Gasteiger partial charge in [0.1, 0.15) is 0 Å². The van der Waals surface area contributed by atoms with E-state index in [-0.39, 0.29) is 11.8 Å². The minimum absolute atomic E-state index is 0.178. The average Bonchev–Trinajstić information content (AvgIpc) is 2.93. The molecule has 2 amide bonds. The molecule has 3 nitrogen and oxygen atoms in total. The molecule has 2 aromatic rings. The van der Waals surface area contributed by atoms with Crippen LogP contribution in [0.15, 0.2) is 54.6 Å². The summed E-state index contributed by atoms with van der Waals surface area (Å²) in [6.07, 6.45) is 2.48. The maximum absolute atomic E-state index is 11.5. The van der Waals surface area contributed by atoms with Crippen molar-refractivity contribution < 1.29 is 9.59 Å². The van der Waals surface area contributed by atoms with Crippen LogP contribution in [0.1, 0.15) is 79.7 Å². The van der Waals surface area contributed by atoms with Gasteiger partial charge in [0.2, 0.25) is 0 Å². The molecule has 3 heteroatoms. The number of carbonyl (C=O) groups is 2. The molecule has 0 saturated heterocycles. The molecule has 0 aliphatic carbocycles. The fourth-order valence-corrected chi connectivity index (χ4v) is 2.54. The highest BCUT2D eigenvalue weighted by molar-refractivity contribution is 6.21. The fourth-order valence-electron chi connectivity index (χ4n) is 2.54. The molecule has 0 aromatic heterocycles. The Balaban J connectivity index is 0.000000233. The lowest BCUT2D eigenvalue weighted by Crippen LogP contribution is -2.29. The predicted molar refractivity (Wildman–Crippen MR) is 109 cm³/mol. The lowest BCUT2D eigenvalue weighted by molar-refractivity contribution is 0.0663. The lowest BCUT2D eigenvalue weighted by Gasteiger charge is -2.08. The molecule has 0 bridgehead atoms. The van der Waals surface area contributed by atoms with Crippen LogP contribution in [-0.2, 0) is 0 Å².